The molecule has 1 aliphatic heterocycles. The monoisotopic (exact) mass is 254 g/mol. The predicted octanol–water partition coefficient (Wildman–Crippen LogP) is 2.15. The molecule has 1 heterocycles. The molecule has 76 valence electrons. The van der Waals surface area contributed by atoms with Gasteiger partial charge in [0.1, 0.15) is 0 Å². The first-order chi connectivity index (χ1) is 6.66. The van der Waals surface area contributed by atoms with Gasteiger partial charge in [0.25, 0.3) is 0 Å². The molecule has 2 N–H and O–H groups in total. The van der Waals surface area contributed by atoms with E-state index in [1.807, 2.05) is 0 Å². The minimum absolute atomic E-state index is 0.327. The van der Waals surface area contributed by atoms with E-state index in [-0.39, 0.29) is 0 Å². The lowest BCUT2D eigenvalue weighted by Crippen LogP contribution is -2.24. The van der Waals surface area contributed by atoms with Gasteiger partial charge in [0.2, 0.25) is 0 Å². The number of benzene rings is 1. The molecule has 0 saturated carbocycles. The van der Waals surface area contributed by atoms with Crippen LogP contribution in [0.4, 0.5) is 0 Å². The molecule has 2 unspecified atom stereocenters. The number of nitrogens with two attached hydrogens (primary N) is 1. The molecule has 0 amide bonds. The molecule has 1 aromatic carbocycles. The molecule has 1 saturated heterocycles. The second kappa shape index (κ2) is 4.01. The number of nitrogens with zero attached hydrogens (tertiary/aromatic N) is 1. The molecule has 3 heteroatoms. The van der Waals surface area contributed by atoms with Gasteiger partial charge in [-0.2, -0.15) is 0 Å². The van der Waals surface area contributed by atoms with Crippen molar-refractivity contribution in [3.63, 3.8) is 0 Å². The van der Waals surface area contributed by atoms with E-state index >= 15 is 0 Å². The summed E-state index contributed by atoms with van der Waals surface area (Å²) in [6.07, 6.45) is 1.07. The van der Waals surface area contributed by atoms with Gasteiger partial charge in [0.15, 0.2) is 0 Å². The summed E-state index contributed by atoms with van der Waals surface area (Å²) < 4.78 is 1.13. The fourth-order valence-electron chi connectivity index (χ4n) is 2.11. The van der Waals surface area contributed by atoms with Gasteiger partial charge >= 0.3 is 0 Å². The van der Waals surface area contributed by atoms with Crippen molar-refractivity contribution >= 4 is 15.9 Å². The average Bonchev–Trinajstić information content (AvgIpc) is 2.47. The largest absolute Gasteiger partial charge is 0.326 e. The molecular formula is C11H15BrN2. The van der Waals surface area contributed by atoms with Gasteiger partial charge in [-0.1, -0.05) is 28.1 Å². The number of likely N-dealkylation sites (N-methyl/N-ethyl adjacent to an activating group) is 1. The molecule has 14 heavy (non-hydrogen) atoms. The van der Waals surface area contributed by atoms with E-state index in [1.54, 1.807) is 0 Å². The summed E-state index contributed by atoms with van der Waals surface area (Å²) in [5, 5.41) is 0. The molecule has 2 atom stereocenters. The third-order valence-electron chi connectivity index (χ3n) is 2.84. The van der Waals surface area contributed by atoms with E-state index in [1.165, 1.54) is 5.56 Å². The van der Waals surface area contributed by atoms with Crippen molar-refractivity contribution in [3.8, 4) is 0 Å². The van der Waals surface area contributed by atoms with Crippen LogP contribution in [0, 0.1) is 0 Å². The Bertz CT molecular complexity index is 310. The fourth-order valence-corrected chi connectivity index (χ4v) is 2.38. The first-order valence-corrected chi connectivity index (χ1v) is 5.67. The first-order valence-electron chi connectivity index (χ1n) is 4.88. The third kappa shape index (κ3) is 2.00. The Hall–Kier alpha value is -0.380. The Morgan fingerprint density at radius 2 is 2.00 bits per heavy atom. The van der Waals surface area contributed by atoms with E-state index in [4.69, 9.17) is 5.73 Å². The summed E-state index contributed by atoms with van der Waals surface area (Å²) in [6.45, 7) is 1.00. The van der Waals surface area contributed by atoms with Crippen molar-refractivity contribution in [1.29, 1.82) is 0 Å². The van der Waals surface area contributed by atoms with Gasteiger partial charge in [0, 0.05) is 23.1 Å². The number of halogens is 1. The zero-order valence-corrected chi connectivity index (χ0v) is 9.87. The lowest BCUT2D eigenvalue weighted by Gasteiger charge is -2.19. The Morgan fingerprint density at radius 3 is 2.50 bits per heavy atom. The smallest absolute Gasteiger partial charge is 0.0360 e. The predicted molar refractivity (Wildman–Crippen MR) is 62.1 cm³/mol. The normalized spacial score (nSPS) is 28.2. The summed E-state index contributed by atoms with van der Waals surface area (Å²) in [5.41, 5.74) is 7.30. The Kier molecular flexibility index (Phi) is 2.91. The third-order valence-corrected chi connectivity index (χ3v) is 3.36. The molecule has 0 spiro atoms. The second-order valence-corrected chi connectivity index (χ2v) is 4.92. The highest BCUT2D eigenvalue weighted by Crippen LogP contribution is 2.30. The van der Waals surface area contributed by atoms with E-state index in [2.05, 4.69) is 52.1 Å². The summed E-state index contributed by atoms with van der Waals surface area (Å²) in [5.74, 6) is 0. The standard InChI is InChI=1S/C11H15BrN2/c1-14-7-10(13)6-11(14)8-2-4-9(12)5-3-8/h2-5,10-11H,6-7,13H2,1H3. The summed E-state index contributed by atoms with van der Waals surface area (Å²) in [7, 11) is 2.14. The highest BCUT2D eigenvalue weighted by Gasteiger charge is 2.27. The van der Waals surface area contributed by atoms with Crippen LogP contribution in [0.15, 0.2) is 28.7 Å². The molecule has 2 rings (SSSR count). The van der Waals surface area contributed by atoms with Crippen LogP contribution in [-0.4, -0.2) is 24.5 Å². The second-order valence-electron chi connectivity index (χ2n) is 4.00. The van der Waals surface area contributed by atoms with E-state index in [9.17, 15) is 0 Å². The lowest BCUT2D eigenvalue weighted by atomic mass is 10.0. The van der Waals surface area contributed by atoms with Crippen LogP contribution in [-0.2, 0) is 0 Å². The van der Waals surface area contributed by atoms with Crippen LogP contribution >= 0.6 is 15.9 Å². The molecule has 1 aromatic rings. The molecule has 0 radical (unpaired) electrons. The van der Waals surface area contributed by atoms with Crippen LogP contribution in [0.1, 0.15) is 18.0 Å². The number of rotatable bonds is 1. The van der Waals surface area contributed by atoms with Crippen LogP contribution < -0.4 is 5.73 Å². The zero-order chi connectivity index (χ0) is 10.1. The molecule has 0 bridgehead atoms. The minimum atomic E-state index is 0.327. The maximum Gasteiger partial charge on any atom is 0.0360 e. The molecule has 1 aliphatic rings. The average molecular weight is 255 g/mol. The Morgan fingerprint density at radius 1 is 1.36 bits per heavy atom. The fraction of sp³-hybridized carbons (Fsp3) is 0.455. The maximum absolute atomic E-state index is 5.93. The van der Waals surface area contributed by atoms with Crippen molar-refractivity contribution in [3.05, 3.63) is 34.3 Å². The first kappa shape index (κ1) is 10.1. The highest BCUT2D eigenvalue weighted by molar-refractivity contribution is 9.10. The zero-order valence-electron chi connectivity index (χ0n) is 8.28. The van der Waals surface area contributed by atoms with Crippen LogP contribution in [0.25, 0.3) is 0 Å². The van der Waals surface area contributed by atoms with E-state index in [0.717, 1.165) is 17.4 Å². The van der Waals surface area contributed by atoms with Crippen molar-refractivity contribution in [2.75, 3.05) is 13.6 Å². The van der Waals surface area contributed by atoms with Gasteiger partial charge in [0.05, 0.1) is 0 Å². The van der Waals surface area contributed by atoms with Gasteiger partial charge in [-0.15, -0.1) is 0 Å². The molecule has 0 aliphatic carbocycles. The Balaban J connectivity index is 2.19. The topological polar surface area (TPSA) is 29.3 Å². The van der Waals surface area contributed by atoms with Crippen molar-refractivity contribution < 1.29 is 0 Å². The van der Waals surface area contributed by atoms with Crippen molar-refractivity contribution in [1.82, 2.24) is 4.90 Å². The number of hydrogen-bond acceptors (Lipinski definition) is 2. The molecule has 2 nitrogen and oxygen atoms in total. The molecule has 0 aromatic heterocycles. The number of hydrogen-bond donors (Lipinski definition) is 1. The highest BCUT2D eigenvalue weighted by atomic mass is 79.9. The van der Waals surface area contributed by atoms with E-state index in [0.29, 0.717) is 12.1 Å². The summed E-state index contributed by atoms with van der Waals surface area (Å²) in [4.78, 5) is 2.33. The van der Waals surface area contributed by atoms with Crippen LogP contribution in [0.2, 0.25) is 0 Å². The molecular weight excluding hydrogens is 240 g/mol. The van der Waals surface area contributed by atoms with Gasteiger partial charge in [-0.3, -0.25) is 4.90 Å². The quantitative estimate of drug-likeness (QED) is 0.833. The Labute approximate surface area is 93.2 Å². The summed E-state index contributed by atoms with van der Waals surface area (Å²) >= 11 is 3.44. The molecule has 1 fully saturated rings. The lowest BCUT2D eigenvalue weighted by molar-refractivity contribution is 0.316. The SMILES string of the molecule is CN1CC(N)CC1c1ccc(Br)cc1. The van der Waals surface area contributed by atoms with Gasteiger partial charge in [-0.25, -0.2) is 0 Å². The van der Waals surface area contributed by atoms with Crippen LogP contribution in [0.5, 0.6) is 0 Å². The van der Waals surface area contributed by atoms with Crippen molar-refractivity contribution in [2.24, 2.45) is 5.73 Å². The number of likely N-dealkylation sites (tertiary alicyclic amines) is 1. The summed E-state index contributed by atoms with van der Waals surface area (Å²) in [6, 6.07) is 9.35. The van der Waals surface area contributed by atoms with Gasteiger partial charge in [-0.05, 0) is 31.2 Å². The van der Waals surface area contributed by atoms with Crippen molar-refractivity contribution in [2.45, 2.75) is 18.5 Å². The minimum Gasteiger partial charge on any atom is -0.326 e. The van der Waals surface area contributed by atoms with Gasteiger partial charge < -0.3 is 5.73 Å². The maximum atomic E-state index is 5.93. The van der Waals surface area contributed by atoms with Crippen LogP contribution in [0.3, 0.4) is 0 Å². The van der Waals surface area contributed by atoms with E-state index < -0.39 is 0 Å².